The number of hydrogen-bond donors (Lipinski definition) is 3. The molecule has 2 amide bonds. The molecule has 1 aliphatic rings. The molecule has 40 heavy (non-hydrogen) atoms. The normalized spacial score (nSPS) is 18.4. The number of carbonyl (C=O) groups is 3. The number of Topliss-reactive ketones (excluding diaryl/α,β-unsaturated/α-hetero) is 1. The zero-order valence-electron chi connectivity index (χ0n) is 22.8. The first kappa shape index (κ1) is 31.4. The lowest BCUT2D eigenvalue weighted by Gasteiger charge is -2.40. The number of aliphatic hydroxyl groups excluding tert-OH is 2. The van der Waals surface area contributed by atoms with Crippen molar-refractivity contribution in [2.24, 2.45) is 0 Å². The monoisotopic (exact) mass is 666 g/mol. The zero-order valence-corrected chi connectivity index (χ0v) is 24.9. The van der Waals surface area contributed by atoms with Crippen molar-refractivity contribution >= 4 is 40.2 Å². The van der Waals surface area contributed by atoms with Crippen LogP contribution in [0.5, 0.6) is 17.2 Å². The lowest BCUT2D eigenvalue weighted by molar-refractivity contribution is -0.149. The van der Waals surface area contributed by atoms with Crippen LogP contribution >= 0.6 is 22.6 Å². The first-order valence-corrected chi connectivity index (χ1v) is 14.1. The van der Waals surface area contributed by atoms with Gasteiger partial charge in [-0.25, -0.2) is 0 Å². The van der Waals surface area contributed by atoms with E-state index in [9.17, 15) is 24.6 Å². The summed E-state index contributed by atoms with van der Waals surface area (Å²) < 4.78 is 17.7. The van der Waals surface area contributed by atoms with Crippen molar-refractivity contribution < 1.29 is 38.8 Å². The number of hydrogen-bond acceptors (Lipinski definition) is 8. The average Bonchev–Trinajstić information content (AvgIpc) is 2.97. The van der Waals surface area contributed by atoms with Gasteiger partial charge in [0, 0.05) is 31.5 Å². The highest BCUT2D eigenvalue weighted by atomic mass is 127. The van der Waals surface area contributed by atoms with E-state index in [0.717, 1.165) is 9.13 Å². The van der Waals surface area contributed by atoms with E-state index in [-0.39, 0.29) is 38.1 Å². The number of benzene rings is 2. The highest BCUT2D eigenvalue weighted by Crippen LogP contribution is 2.31. The number of methoxy groups -OCH3 is 2. The van der Waals surface area contributed by atoms with Crippen LogP contribution in [0.15, 0.2) is 54.1 Å². The number of ether oxygens (including phenoxy) is 3. The molecule has 216 valence electrons. The summed E-state index contributed by atoms with van der Waals surface area (Å²) in [5.41, 5.74) is 1.03. The van der Waals surface area contributed by atoms with Crippen molar-refractivity contribution in [2.75, 3.05) is 33.9 Å². The van der Waals surface area contributed by atoms with E-state index in [4.69, 9.17) is 14.2 Å². The second-order valence-corrected chi connectivity index (χ2v) is 10.3. The number of rotatable bonds is 13. The average molecular weight is 667 g/mol. The number of nitrogens with one attached hydrogen (secondary N) is 1. The van der Waals surface area contributed by atoms with Gasteiger partial charge in [0.1, 0.15) is 29.5 Å². The topological polar surface area (TPSA) is 135 Å². The number of aliphatic hydroxyl groups is 2. The summed E-state index contributed by atoms with van der Waals surface area (Å²) in [5.74, 6) is -0.122. The lowest BCUT2D eigenvalue weighted by atomic mass is 9.87. The molecule has 0 saturated heterocycles. The summed E-state index contributed by atoms with van der Waals surface area (Å²) in [6.07, 6.45) is -0.421. The number of amides is 2. The Morgan fingerprint density at radius 2 is 1.85 bits per heavy atom. The molecule has 0 bridgehead atoms. The van der Waals surface area contributed by atoms with Crippen LogP contribution in [-0.4, -0.2) is 84.9 Å². The first-order valence-electron chi connectivity index (χ1n) is 13.0. The lowest BCUT2D eigenvalue weighted by Crippen LogP contribution is -2.56. The van der Waals surface area contributed by atoms with Gasteiger partial charge in [-0.2, -0.15) is 0 Å². The minimum atomic E-state index is -1.24. The molecule has 0 heterocycles. The van der Waals surface area contributed by atoms with Gasteiger partial charge in [0.05, 0.1) is 30.4 Å². The third-order valence-corrected chi connectivity index (χ3v) is 7.54. The van der Waals surface area contributed by atoms with Crippen molar-refractivity contribution in [3.05, 3.63) is 63.2 Å². The maximum atomic E-state index is 13.4. The third-order valence-electron chi connectivity index (χ3n) is 6.64. The quantitative estimate of drug-likeness (QED) is 0.219. The fourth-order valence-corrected chi connectivity index (χ4v) is 5.03. The summed E-state index contributed by atoms with van der Waals surface area (Å²) in [6.45, 7) is 1.46. The van der Waals surface area contributed by atoms with E-state index in [1.807, 2.05) is 12.1 Å². The molecule has 11 heteroatoms. The highest BCUT2D eigenvalue weighted by molar-refractivity contribution is 14.1. The van der Waals surface area contributed by atoms with Crippen LogP contribution in [0.1, 0.15) is 25.3 Å². The molecule has 3 N–H and O–H groups in total. The van der Waals surface area contributed by atoms with Crippen LogP contribution < -0.4 is 19.5 Å². The van der Waals surface area contributed by atoms with E-state index in [1.165, 1.54) is 18.1 Å². The van der Waals surface area contributed by atoms with Gasteiger partial charge < -0.3 is 34.6 Å². The standard InChI is InChI=1S/C29H35IN2O8/c1-4-23(34)29(37)32(13-11-18-15-20(38-2)9-10-24(18)39-3)22-16-19(28(36)31-12-14-33)17-26(27(22)35)40-25-8-6-5-7-21(25)30/h5-10,15,17,22,26-27,33,35H,4,11-14,16H2,1-3H3,(H,31,36). The van der Waals surface area contributed by atoms with Gasteiger partial charge in [0.25, 0.3) is 5.91 Å². The fraction of sp³-hybridized carbons (Fsp3) is 0.414. The Labute approximate surface area is 247 Å². The van der Waals surface area contributed by atoms with Crippen LogP contribution in [0.2, 0.25) is 0 Å². The van der Waals surface area contributed by atoms with Crippen molar-refractivity contribution in [1.82, 2.24) is 10.2 Å². The van der Waals surface area contributed by atoms with Crippen LogP contribution in [0, 0.1) is 3.57 Å². The molecule has 0 aromatic heterocycles. The maximum absolute atomic E-state index is 13.4. The molecule has 2 aromatic rings. The number of halogens is 1. The Balaban J connectivity index is 1.99. The second-order valence-electron chi connectivity index (χ2n) is 9.15. The minimum absolute atomic E-state index is 0.0115. The summed E-state index contributed by atoms with van der Waals surface area (Å²) >= 11 is 2.11. The molecule has 2 aromatic carbocycles. The predicted octanol–water partition coefficient (Wildman–Crippen LogP) is 2.27. The number of nitrogens with zero attached hydrogens (tertiary/aromatic N) is 1. The second kappa shape index (κ2) is 15.0. The van der Waals surface area contributed by atoms with Crippen LogP contribution in [-0.2, 0) is 20.8 Å². The van der Waals surface area contributed by atoms with Gasteiger partial charge in [-0.3, -0.25) is 14.4 Å². The molecule has 0 saturated carbocycles. The molecule has 3 unspecified atom stereocenters. The molecule has 10 nitrogen and oxygen atoms in total. The highest BCUT2D eigenvalue weighted by Gasteiger charge is 2.41. The van der Waals surface area contributed by atoms with E-state index >= 15 is 0 Å². The van der Waals surface area contributed by atoms with Gasteiger partial charge >= 0.3 is 0 Å². The number of carbonyl (C=O) groups excluding carboxylic acids is 3. The van der Waals surface area contributed by atoms with Crippen molar-refractivity contribution in [2.45, 2.75) is 44.4 Å². The Bertz CT molecular complexity index is 1230. The maximum Gasteiger partial charge on any atom is 0.290 e. The third kappa shape index (κ3) is 7.73. The Morgan fingerprint density at radius 1 is 1.10 bits per heavy atom. The van der Waals surface area contributed by atoms with Crippen LogP contribution in [0.4, 0.5) is 0 Å². The fourth-order valence-electron chi connectivity index (χ4n) is 4.51. The molecule has 0 fully saturated rings. The van der Waals surface area contributed by atoms with Gasteiger partial charge in [0.2, 0.25) is 11.7 Å². The Kier molecular flexibility index (Phi) is 11.8. The smallest absolute Gasteiger partial charge is 0.290 e. The van der Waals surface area contributed by atoms with E-state index in [2.05, 4.69) is 27.9 Å². The van der Waals surface area contributed by atoms with Gasteiger partial charge in [-0.05, 0) is 71.0 Å². The van der Waals surface area contributed by atoms with E-state index < -0.39 is 35.8 Å². The molecule has 1 aliphatic carbocycles. The molecule has 3 atom stereocenters. The van der Waals surface area contributed by atoms with Gasteiger partial charge in [0.15, 0.2) is 0 Å². The molecular weight excluding hydrogens is 631 g/mol. The molecule has 0 spiro atoms. The largest absolute Gasteiger partial charge is 0.497 e. The minimum Gasteiger partial charge on any atom is -0.497 e. The molecule has 0 aliphatic heterocycles. The summed E-state index contributed by atoms with van der Waals surface area (Å²) in [6, 6.07) is 11.6. The van der Waals surface area contributed by atoms with Gasteiger partial charge in [-0.15, -0.1) is 0 Å². The molecule has 0 radical (unpaired) electrons. The molecule has 3 rings (SSSR count). The van der Waals surface area contributed by atoms with Crippen molar-refractivity contribution in [3.8, 4) is 17.2 Å². The first-order chi connectivity index (χ1) is 19.2. The summed E-state index contributed by atoms with van der Waals surface area (Å²) in [4.78, 5) is 40.3. The van der Waals surface area contributed by atoms with E-state index in [0.29, 0.717) is 23.7 Å². The van der Waals surface area contributed by atoms with Crippen molar-refractivity contribution in [3.63, 3.8) is 0 Å². The SMILES string of the molecule is CCC(=O)C(=O)N(CCc1cc(OC)ccc1OC)C1CC(C(=O)NCCO)=CC(Oc2ccccc2I)C1O. The van der Waals surface area contributed by atoms with Crippen LogP contribution in [0.25, 0.3) is 0 Å². The van der Waals surface area contributed by atoms with Gasteiger partial charge in [-0.1, -0.05) is 19.1 Å². The number of para-hydroxylation sites is 1. The van der Waals surface area contributed by atoms with Crippen LogP contribution in [0.3, 0.4) is 0 Å². The summed E-state index contributed by atoms with van der Waals surface area (Å²) in [7, 11) is 3.08. The van der Waals surface area contributed by atoms with Crippen molar-refractivity contribution in [1.29, 1.82) is 0 Å². The Hall–Kier alpha value is -3.16. The summed E-state index contributed by atoms with van der Waals surface area (Å²) in [5, 5.41) is 23.3. The predicted molar refractivity (Wildman–Crippen MR) is 156 cm³/mol. The Morgan fingerprint density at radius 3 is 2.50 bits per heavy atom. The van der Waals surface area contributed by atoms with E-state index in [1.54, 1.807) is 44.4 Å². The number of ketones is 1. The zero-order chi connectivity index (χ0) is 29.2. The molecular formula is C29H35IN2O8.